The van der Waals surface area contributed by atoms with Gasteiger partial charge >= 0.3 is 0 Å². The molecule has 0 aliphatic heterocycles. The molecule has 0 atom stereocenters. The summed E-state index contributed by atoms with van der Waals surface area (Å²) in [6.45, 7) is 1.95. The van der Waals surface area contributed by atoms with E-state index in [2.05, 4.69) is 5.32 Å². The summed E-state index contributed by atoms with van der Waals surface area (Å²) in [7, 11) is 0. The molecule has 3 nitrogen and oxygen atoms in total. The molecular weight excluding hydrogens is 260 g/mol. The molecule has 0 fully saturated rings. The van der Waals surface area contributed by atoms with Gasteiger partial charge in [0.25, 0.3) is 0 Å². The van der Waals surface area contributed by atoms with E-state index in [0.29, 0.717) is 16.4 Å². The van der Waals surface area contributed by atoms with Crippen LogP contribution in [0.5, 0.6) is 0 Å². The van der Waals surface area contributed by atoms with E-state index in [1.165, 1.54) is 0 Å². The molecule has 2 aromatic rings. The Morgan fingerprint density at radius 1 is 1.26 bits per heavy atom. The number of nitrogens with one attached hydrogen (secondary N) is 1. The van der Waals surface area contributed by atoms with Gasteiger partial charge in [-0.25, -0.2) is 0 Å². The molecule has 0 unspecified atom stereocenters. The van der Waals surface area contributed by atoms with Gasteiger partial charge in [0.2, 0.25) is 5.91 Å². The van der Waals surface area contributed by atoms with Gasteiger partial charge in [-0.15, -0.1) is 0 Å². The van der Waals surface area contributed by atoms with E-state index in [1.54, 1.807) is 12.1 Å². The molecule has 0 aliphatic carbocycles. The van der Waals surface area contributed by atoms with E-state index in [1.807, 2.05) is 37.3 Å². The Morgan fingerprint density at radius 3 is 2.74 bits per heavy atom. The normalized spacial score (nSPS) is 10.2. The second-order valence-electron chi connectivity index (χ2n) is 4.41. The van der Waals surface area contributed by atoms with Crippen LogP contribution in [0.4, 0.5) is 11.4 Å². The number of hydrogen-bond donors (Lipinski definition) is 2. The van der Waals surface area contributed by atoms with Gasteiger partial charge in [-0.1, -0.05) is 35.9 Å². The Bertz CT molecular complexity index is 611. The van der Waals surface area contributed by atoms with Gasteiger partial charge in [0.05, 0.1) is 17.1 Å². The van der Waals surface area contributed by atoms with Crippen LogP contribution in [0.25, 0.3) is 0 Å². The van der Waals surface area contributed by atoms with Gasteiger partial charge in [-0.2, -0.15) is 0 Å². The Hall–Kier alpha value is -2.00. The summed E-state index contributed by atoms with van der Waals surface area (Å²) in [6.07, 6.45) is 0.233. The van der Waals surface area contributed by atoms with Crippen LogP contribution in [0.3, 0.4) is 0 Å². The van der Waals surface area contributed by atoms with Crippen LogP contribution in [0.15, 0.2) is 42.5 Å². The molecule has 1 amide bonds. The average molecular weight is 275 g/mol. The first-order valence-electron chi connectivity index (χ1n) is 5.95. The van der Waals surface area contributed by atoms with E-state index in [-0.39, 0.29) is 12.3 Å². The summed E-state index contributed by atoms with van der Waals surface area (Å²) in [5.74, 6) is -0.134. The molecule has 0 bridgehead atoms. The lowest BCUT2D eigenvalue weighted by Crippen LogP contribution is -2.15. The van der Waals surface area contributed by atoms with Crippen molar-refractivity contribution in [3.05, 3.63) is 58.6 Å². The first-order chi connectivity index (χ1) is 9.06. The number of nitrogen functional groups attached to an aromatic ring is 1. The number of benzene rings is 2. The van der Waals surface area contributed by atoms with Crippen molar-refractivity contribution in [2.45, 2.75) is 13.3 Å². The van der Waals surface area contributed by atoms with Crippen molar-refractivity contribution < 1.29 is 4.79 Å². The maximum absolute atomic E-state index is 12.0. The number of carbonyl (C=O) groups excluding carboxylic acids is 1. The van der Waals surface area contributed by atoms with Crippen LogP contribution in [-0.4, -0.2) is 5.91 Å². The Kier molecular flexibility index (Phi) is 4.07. The summed E-state index contributed by atoms with van der Waals surface area (Å²) < 4.78 is 0. The topological polar surface area (TPSA) is 55.1 Å². The maximum Gasteiger partial charge on any atom is 0.228 e. The lowest BCUT2D eigenvalue weighted by Gasteiger charge is -2.09. The average Bonchev–Trinajstić information content (AvgIpc) is 2.37. The lowest BCUT2D eigenvalue weighted by atomic mass is 10.1. The van der Waals surface area contributed by atoms with Gasteiger partial charge in [0, 0.05) is 5.69 Å². The molecule has 98 valence electrons. The molecule has 0 radical (unpaired) electrons. The largest absolute Gasteiger partial charge is 0.398 e. The van der Waals surface area contributed by atoms with Crippen LogP contribution in [0.1, 0.15) is 11.1 Å². The highest BCUT2D eigenvalue weighted by molar-refractivity contribution is 6.33. The minimum Gasteiger partial charge on any atom is -0.398 e. The number of rotatable bonds is 3. The zero-order valence-electron chi connectivity index (χ0n) is 10.6. The van der Waals surface area contributed by atoms with Crippen LogP contribution in [0, 0.1) is 6.92 Å². The molecule has 0 heterocycles. The van der Waals surface area contributed by atoms with Gasteiger partial charge in [0.15, 0.2) is 0 Å². The van der Waals surface area contributed by atoms with Crippen LogP contribution >= 0.6 is 11.6 Å². The maximum atomic E-state index is 12.0. The highest BCUT2D eigenvalue weighted by Gasteiger charge is 2.08. The molecule has 4 heteroatoms. The van der Waals surface area contributed by atoms with Crippen molar-refractivity contribution in [1.29, 1.82) is 0 Å². The van der Waals surface area contributed by atoms with E-state index in [0.717, 1.165) is 11.1 Å². The van der Waals surface area contributed by atoms with Gasteiger partial charge in [-0.3, -0.25) is 4.79 Å². The Morgan fingerprint density at radius 2 is 2.00 bits per heavy atom. The number of para-hydroxylation sites is 1. The van der Waals surface area contributed by atoms with Crippen molar-refractivity contribution >= 4 is 28.9 Å². The number of anilines is 2. The third kappa shape index (κ3) is 3.48. The molecule has 0 aromatic heterocycles. The summed E-state index contributed by atoms with van der Waals surface area (Å²) >= 11 is 6.04. The van der Waals surface area contributed by atoms with Crippen LogP contribution in [-0.2, 0) is 11.2 Å². The minimum atomic E-state index is -0.134. The first-order valence-corrected chi connectivity index (χ1v) is 6.33. The standard InChI is InChI=1S/C15H15ClN2O/c1-10-6-7-12(16)14(8-10)18-15(19)9-11-4-2-3-5-13(11)17/h2-8H,9,17H2,1H3,(H,18,19). The highest BCUT2D eigenvalue weighted by Crippen LogP contribution is 2.23. The zero-order valence-corrected chi connectivity index (χ0v) is 11.4. The van der Waals surface area contributed by atoms with Gasteiger partial charge < -0.3 is 11.1 Å². The molecule has 0 aliphatic rings. The zero-order chi connectivity index (χ0) is 13.8. The van der Waals surface area contributed by atoms with E-state index >= 15 is 0 Å². The summed E-state index contributed by atoms with van der Waals surface area (Å²) in [4.78, 5) is 12.0. The van der Waals surface area contributed by atoms with Crippen LogP contribution in [0.2, 0.25) is 5.02 Å². The SMILES string of the molecule is Cc1ccc(Cl)c(NC(=O)Cc2ccccc2N)c1. The molecule has 3 N–H and O–H groups in total. The molecule has 0 saturated carbocycles. The van der Waals surface area contributed by atoms with Gasteiger partial charge in [0.1, 0.15) is 0 Å². The third-order valence-corrected chi connectivity index (χ3v) is 3.13. The first kappa shape index (κ1) is 13.4. The van der Waals surface area contributed by atoms with Crippen molar-refractivity contribution in [3.8, 4) is 0 Å². The molecule has 2 rings (SSSR count). The lowest BCUT2D eigenvalue weighted by molar-refractivity contribution is -0.115. The Balaban J connectivity index is 2.10. The van der Waals surface area contributed by atoms with Crippen molar-refractivity contribution in [1.82, 2.24) is 0 Å². The third-order valence-electron chi connectivity index (χ3n) is 2.80. The fraction of sp³-hybridized carbons (Fsp3) is 0.133. The van der Waals surface area contributed by atoms with Crippen molar-refractivity contribution in [2.24, 2.45) is 0 Å². The van der Waals surface area contributed by atoms with E-state index < -0.39 is 0 Å². The summed E-state index contributed by atoms with van der Waals surface area (Å²) in [6, 6.07) is 12.8. The fourth-order valence-corrected chi connectivity index (χ4v) is 1.96. The van der Waals surface area contributed by atoms with Crippen molar-refractivity contribution in [2.75, 3.05) is 11.1 Å². The number of nitrogens with two attached hydrogens (primary N) is 1. The number of aryl methyl sites for hydroxylation is 1. The predicted molar refractivity (Wildman–Crippen MR) is 79.4 cm³/mol. The number of hydrogen-bond acceptors (Lipinski definition) is 2. The number of halogens is 1. The second kappa shape index (κ2) is 5.76. The van der Waals surface area contributed by atoms with Gasteiger partial charge in [-0.05, 0) is 36.2 Å². The number of carbonyl (C=O) groups is 1. The predicted octanol–water partition coefficient (Wildman–Crippen LogP) is 3.41. The number of amides is 1. The second-order valence-corrected chi connectivity index (χ2v) is 4.81. The fourth-order valence-electron chi connectivity index (χ4n) is 1.80. The minimum absolute atomic E-state index is 0.134. The Labute approximate surface area is 117 Å². The summed E-state index contributed by atoms with van der Waals surface area (Å²) in [5.41, 5.74) is 8.90. The smallest absolute Gasteiger partial charge is 0.228 e. The van der Waals surface area contributed by atoms with Crippen LogP contribution < -0.4 is 11.1 Å². The molecule has 0 saturated heterocycles. The van der Waals surface area contributed by atoms with E-state index in [9.17, 15) is 4.79 Å². The molecule has 0 spiro atoms. The van der Waals surface area contributed by atoms with Crippen molar-refractivity contribution in [3.63, 3.8) is 0 Å². The monoisotopic (exact) mass is 274 g/mol. The quantitative estimate of drug-likeness (QED) is 0.843. The van der Waals surface area contributed by atoms with E-state index in [4.69, 9.17) is 17.3 Å². The highest BCUT2D eigenvalue weighted by atomic mass is 35.5. The molecular formula is C15H15ClN2O. The summed E-state index contributed by atoms with van der Waals surface area (Å²) in [5, 5.41) is 3.33. The molecule has 2 aromatic carbocycles. The molecule has 19 heavy (non-hydrogen) atoms.